The average Bonchev–Trinajstić information content (AvgIpc) is 2.46. The highest BCUT2D eigenvalue weighted by Crippen LogP contribution is 2.17. The Balaban J connectivity index is 1.90. The quantitative estimate of drug-likeness (QED) is 0.836. The molecule has 96 valence electrons. The van der Waals surface area contributed by atoms with Gasteiger partial charge in [0.1, 0.15) is 0 Å². The normalized spacial score (nSPS) is 15.4. The van der Waals surface area contributed by atoms with Crippen LogP contribution in [-0.2, 0) is 4.79 Å². The molecule has 19 heavy (non-hydrogen) atoms. The molecule has 1 heterocycles. The van der Waals surface area contributed by atoms with Crippen LogP contribution in [0.15, 0.2) is 42.5 Å². The zero-order valence-corrected chi connectivity index (χ0v) is 10.4. The van der Waals surface area contributed by atoms with E-state index >= 15 is 0 Å². The van der Waals surface area contributed by atoms with E-state index < -0.39 is 0 Å². The lowest BCUT2D eigenvalue weighted by Crippen LogP contribution is -2.49. The SMILES string of the molecule is O=C1CN(C(=O)c2ccc3ccccc3c2)CCN1. The Morgan fingerprint density at radius 1 is 1.11 bits per heavy atom. The van der Waals surface area contributed by atoms with Gasteiger partial charge < -0.3 is 10.2 Å². The molecule has 2 amide bonds. The van der Waals surface area contributed by atoms with Crippen LogP contribution in [0.25, 0.3) is 10.8 Å². The molecule has 1 fully saturated rings. The monoisotopic (exact) mass is 254 g/mol. The van der Waals surface area contributed by atoms with Crippen LogP contribution < -0.4 is 5.32 Å². The third kappa shape index (κ3) is 2.29. The van der Waals surface area contributed by atoms with Gasteiger partial charge in [-0.3, -0.25) is 9.59 Å². The zero-order valence-electron chi connectivity index (χ0n) is 10.4. The van der Waals surface area contributed by atoms with Crippen molar-refractivity contribution in [3.05, 3.63) is 48.0 Å². The van der Waals surface area contributed by atoms with E-state index in [1.807, 2.05) is 42.5 Å². The van der Waals surface area contributed by atoms with E-state index in [4.69, 9.17) is 0 Å². The summed E-state index contributed by atoms with van der Waals surface area (Å²) in [6.07, 6.45) is 0. The Morgan fingerprint density at radius 2 is 1.89 bits per heavy atom. The predicted molar refractivity (Wildman–Crippen MR) is 72.9 cm³/mol. The number of fused-ring (bicyclic) bond motifs is 1. The molecule has 4 heteroatoms. The summed E-state index contributed by atoms with van der Waals surface area (Å²) in [7, 11) is 0. The maximum absolute atomic E-state index is 12.3. The van der Waals surface area contributed by atoms with Crippen molar-refractivity contribution in [2.75, 3.05) is 19.6 Å². The van der Waals surface area contributed by atoms with E-state index in [9.17, 15) is 9.59 Å². The number of hydrogen-bond acceptors (Lipinski definition) is 2. The zero-order chi connectivity index (χ0) is 13.2. The summed E-state index contributed by atoms with van der Waals surface area (Å²) < 4.78 is 0. The third-order valence-electron chi connectivity index (χ3n) is 3.32. The Morgan fingerprint density at radius 3 is 2.68 bits per heavy atom. The van der Waals surface area contributed by atoms with Crippen molar-refractivity contribution in [3.8, 4) is 0 Å². The first-order valence-electron chi connectivity index (χ1n) is 6.29. The van der Waals surface area contributed by atoms with Crippen molar-refractivity contribution in [3.63, 3.8) is 0 Å². The summed E-state index contributed by atoms with van der Waals surface area (Å²) in [5.41, 5.74) is 0.633. The van der Waals surface area contributed by atoms with Gasteiger partial charge in [-0.2, -0.15) is 0 Å². The average molecular weight is 254 g/mol. The largest absolute Gasteiger partial charge is 0.353 e. The molecular weight excluding hydrogens is 240 g/mol. The van der Waals surface area contributed by atoms with E-state index in [1.54, 1.807) is 4.90 Å². The summed E-state index contributed by atoms with van der Waals surface area (Å²) >= 11 is 0. The molecule has 0 saturated carbocycles. The van der Waals surface area contributed by atoms with Crippen LogP contribution in [0, 0.1) is 0 Å². The van der Waals surface area contributed by atoms with E-state index in [-0.39, 0.29) is 18.4 Å². The molecule has 1 N–H and O–H groups in total. The van der Waals surface area contributed by atoms with E-state index in [2.05, 4.69) is 5.32 Å². The maximum Gasteiger partial charge on any atom is 0.254 e. The smallest absolute Gasteiger partial charge is 0.254 e. The number of rotatable bonds is 1. The van der Waals surface area contributed by atoms with Gasteiger partial charge in [0.2, 0.25) is 5.91 Å². The lowest BCUT2D eigenvalue weighted by Gasteiger charge is -2.26. The number of piperazine rings is 1. The summed E-state index contributed by atoms with van der Waals surface area (Å²) in [5, 5.41) is 4.86. The minimum Gasteiger partial charge on any atom is -0.353 e. The summed E-state index contributed by atoms with van der Waals surface area (Å²) in [4.78, 5) is 25.2. The maximum atomic E-state index is 12.3. The molecule has 0 spiro atoms. The van der Waals surface area contributed by atoms with Crippen LogP contribution in [0.1, 0.15) is 10.4 Å². The lowest BCUT2D eigenvalue weighted by atomic mass is 10.1. The van der Waals surface area contributed by atoms with E-state index in [1.165, 1.54) is 0 Å². The van der Waals surface area contributed by atoms with E-state index in [0.29, 0.717) is 18.7 Å². The van der Waals surface area contributed by atoms with Gasteiger partial charge in [0.15, 0.2) is 0 Å². The standard InChI is InChI=1S/C15H14N2O2/c18-14-10-17(8-7-16-14)15(19)13-6-5-11-3-1-2-4-12(11)9-13/h1-6,9H,7-8,10H2,(H,16,18). The molecule has 0 radical (unpaired) electrons. The number of nitrogens with zero attached hydrogens (tertiary/aromatic N) is 1. The molecule has 2 aromatic rings. The molecule has 1 aliphatic rings. The first kappa shape index (κ1) is 11.7. The van der Waals surface area contributed by atoms with Crippen molar-refractivity contribution in [2.45, 2.75) is 0 Å². The van der Waals surface area contributed by atoms with Crippen molar-refractivity contribution in [2.24, 2.45) is 0 Å². The fourth-order valence-electron chi connectivity index (χ4n) is 2.32. The topological polar surface area (TPSA) is 49.4 Å². The van der Waals surface area contributed by atoms with Crippen molar-refractivity contribution in [1.29, 1.82) is 0 Å². The van der Waals surface area contributed by atoms with Crippen LogP contribution in [0.2, 0.25) is 0 Å². The number of nitrogens with one attached hydrogen (secondary N) is 1. The van der Waals surface area contributed by atoms with Crippen LogP contribution in [0.3, 0.4) is 0 Å². The predicted octanol–water partition coefficient (Wildman–Crippen LogP) is 1.41. The van der Waals surface area contributed by atoms with Gasteiger partial charge in [0.25, 0.3) is 5.91 Å². The van der Waals surface area contributed by atoms with E-state index in [0.717, 1.165) is 10.8 Å². The number of hydrogen-bond donors (Lipinski definition) is 1. The minimum absolute atomic E-state index is 0.0828. The van der Waals surface area contributed by atoms with Gasteiger partial charge in [-0.25, -0.2) is 0 Å². The van der Waals surface area contributed by atoms with Gasteiger partial charge in [-0.1, -0.05) is 30.3 Å². The first-order chi connectivity index (χ1) is 9.24. The van der Waals surface area contributed by atoms with Crippen LogP contribution >= 0.6 is 0 Å². The van der Waals surface area contributed by atoms with Crippen molar-refractivity contribution in [1.82, 2.24) is 10.2 Å². The highest BCUT2D eigenvalue weighted by molar-refractivity contribution is 6.00. The molecule has 0 aromatic heterocycles. The Bertz CT molecular complexity index is 651. The number of carbonyl (C=O) groups excluding carboxylic acids is 2. The summed E-state index contributed by atoms with van der Waals surface area (Å²) in [6.45, 7) is 1.24. The molecule has 0 bridgehead atoms. The van der Waals surface area contributed by atoms with Gasteiger partial charge in [-0.15, -0.1) is 0 Å². The molecule has 0 aliphatic carbocycles. The second-order valence-electron chi connectivity index (χ2n) is 4.64. The summed E-state index contributed by atoms with van der Waals surface area (Å²) in [6, 6.07) is 13.5. The molecule has 3 rings (SSSR count). The van der Waals surface area contributed by atoms with Crippen LogP contribution in [-0.4, -0.2) is 36.3 Å². The fourth-order valence-corrected chi connectivity index (χ4v) is 2.32. The Labute approximate surface area is 111 Å². The molecule has 4 nitrogen and oxygen atoms in total. The van der Waals surface area contributed by atoms with Gasteiger partial charge in [0.05, 0.1) is 6.54 Å². The minimum atomic E-state index is -0.0969. The second-order valence-corrected chi connectivity index (χ2v) is 4.64. The number of carbonyl (C=O) groups is 2. The van der Waals surface area contributed by atoms with Crippen LogP contribution in [0.5, 0.6) is 0 Å². The molecule has 1 saturated heterocycles. The molecule has 2 aromatic carbocycles. The number of benzene rings is 2. The highest BCUT2D eigenvalue weighted by Gasteiger charge is 2.22. The van der Waals surface area contributed by atoms with Gasteiger partial charge in [-0.05, 0) is 22.9 Å². The third-order valence-corrected chi connectivity index (χ3v) is 3.32. The fraction of sp³-hybridized carbons (Fsp3) is 0.200. The van der Waals surface area contributed by atoms with Crippen molar-refractivity contribution >= 4 is 22.6 Å². The molecule has 0 unspecified atom stereocenters. The van der Waals surface area contributed by atoms with Crippen LogP contribution in [0.4, 0.5) is 0 Å². The lowest BCUT2D eigenvalue weighted by molar-refractivity contribution is -0.123. The Kier molecular flexibility index (Phi) is 2.91. The second kappa shape index (κ2) is 4.72. The van der Waals surface area contributed by atoms with Gasteiger partial charge in [0, 0.05) is 18.7 Å². The Hall–Kier alpha value is -2.36. The molecule has 0 atom stereocenters. The highest BCUT2D eigenvalue weighted by atomic mass is 16.2. The molecular formula is C15H14N2O2. The van der Waals surface area contributed by atoms with Gasteiger partial charge >= 0.3 is 0 Å². The molecule has 1 aliphatic heterocycles. The number of amides is 2. The van der Waals surface area contributed by atoms with Crippen molar-refractivity contribution < 1.29 is 9.59 Å². The first-order valence-corrected chi connectivity index (χ1v) is 6.29. The summed E-state index contributed by atoms with van der Waals surface area (Å²) in [5.74, 6) is -0.180.